The third-order valence-electron chi connectivity index (χ3n) is 5.56. The number of piperidine rings is 1. The summed E-state index contributed by atoms with van der Waals surface area (Å²) in [6.07, 6.45) is 6.22. The molecule has 0 saturated carbocycles. The number of rotatable bonds is 3. The van der Waals surface area contributed by atoms with Crippen LogP contribution in [-0.2, 0) is 7.05 Å². The van der Waals surface area contributed by atoms with E-state index in [2.05, 4.69) is 51.8 Å². The summed E-state index contributed by atoms with van der Waals surface area (Å²) < 4.78 is 2.14. The summed E-state index contributed by atoms with van der Waals surface area (Å²) >= 11 is 0. The average Bonchev–Trinajstić information content (AvgIpc) is 3.19. The van der Waals surface area contributed by atoms with E-state index in [0.29, 0.717) is 5.92 Å². The van der Waals surface area contributed by atoms with E-state index in [9.17, 15) is 0 Å². The van der Waals surface area contributed by atoms with Crippen LogP contribution in [0.15, 0.2) is 67.0 Å². The van der Waals surface area contributed by atoms with Gasteiger partial charge in [-0.25, -0.2) is 15.0 Å². The zero-order valence-corrected chi connectivity index (χ0v) is 16.0. The molecule has 3 heterocycles. The van der Waals surface area contributed by atoms with Crippen molar-refractivity contribution in [1.82, 2.24) is 19.5 Å². The fraction of sp³-hybridized carbons (Fsp3) is 0.261. The van der Waals surface area contributed by atoms with Crippen LogP contribution >= 0.6 is 0 Å². The average molecular weight is 369 g/mol. The molecular formula is C23H23N5. The number of aryl methyl sites for hydroxylation is 1. The molecule has 1 aliphatic heterocycles. The van der Waals surface area contributed by atoms with Crippen molar-refractivity contribution < 1.29 is 0 Å². The lowest BCUT2D eigenvalue weighted by Gasteiger charge is -2.34. The predicted molar refractivity (Wildman–Crippen MR) is 112 cm³/mol. The summed E-state index contributed by atoms with van der Waals surface area (Å²) in [5, 5.41) is 1.11. The summed E-state index contributed by atoms with van der Waals surface area (Å²) in [7, 11) is 2.08. The van der Waals surface area contributed by atoms with Crippen LogP contribution in [0.1, 0.15) is 24.6 Å². The Labute approximate surface area is 164 Å². The van der Waals surface area contributed by atoms with Crippen LogP contribution in [0, 0.1) is 0 Å². The van der Waals surface area contributed by atoms with Gasteiger partial charge in [-0.15, -0.1) is 0 Å². The molecule has 1 atom stereocenters. The Morgan fingerprint density at radius 2 is 1.79 bits per heavy atom. The van der Waals surface area contributed by atoms with Crippen molar-refractivity contribution in [3.05, 3.63) is 72.8 Å². The maximum absolute atomic E-state index is 5.02. The number of hydrogen-bond donors (Lipinski definition) is 0. The van der Waals surface area contributed by atoms with Gasteiger partial charge >= 0.3 is 0 Å². The number of aromatic nitrogens is 4. The molecule has 1 aliphatic rings. The minimum absolute atomic E-state index is 0.419. The molecule has 0 N–H and O–H groups in total. The molecule has 0 spiro atoms. The lowest BCUT2D eigenvalue weighted by atomic mass is 9.97. The maximum atomic E-state index is 5.02. The molecule has 0 unspecified atom stereocenters. The first kappa shape index (κ1) is 16.9. The van der Waals surface area contributed by atoms with Gasteiger partial charge in [-0.2, -0.15) is 0 Å². The second kappa shape index (κ2) is 7.08. The van der Waals surface area contributed by atoms with Crippen molar-refractivity contribution in [1.29, 1.82) is 0 Å². The van der Waals surface area contributed by atoms with Gasteiger partial charge in [0, 0.05) is 49.4 Å². The molecule has 1 fully saturated rings. The van der Waals surface area contributed by atoms with Crippen LogP contribution < -0.4 is 4.90 Å². The highest BCUT2D eigenvalue weighted by Gasteiger charge is 2.26. The molecular weight excluding hydrogens is 346 g/mol. The fourth-order valence-corrected chi connectivity index (χ4v) is 4.17. The van der Waals surface area contributed by atoms with E-state index in [4.69, 9.17) is 9.97 Å². The van der Waals surface area contributed by atoms with Gasteiger partial charge in [0.15, 0.2) is 5.82 Å². The molecule has 2 aromatic carbocycles. The zero-order valence-electron chi connectivity index (χ0n) is 16.0. The van der Waals surface area contributed by atoms with Crippen LogP contribution in [0.3, 0.4) is 0 Å². The highest BCUT2D eigenvalue weighted by Crippen LogP contribution is 2.33. The molecule has 1 saturated heterocycles. The number of benzene rings is 2. The Morgan fingerprint density at radius 1 is 0.964 bits per heavy atom. The van der Waals surface area contributed by atoms with Gasteiger partial charge < -0.3 is 9.47 Å². The Morgan fingerprint density at radius 3 is 2.61 bits per heavy atom. The molecule has 28 heavy (non-hydrogen) atoms. The first-order valence-electron chi connectivity index (χ1n) is 9.84. The van der Waals surface area contributed by atoms with E-state index in [-0.39, 0.29) is 0 Å². The third kappa shape index (κ3) is 3.03. The largest absolute Gasteiger partial charge is 0.355 e. The summed E-state index contributed by atoms with van der Waals surface area (Å²) in [5.74, 6) is 3.39. The number of imidazole rings is 1. The second-order valence-electron chi connectivity index (χ2n) is 7.44. The summed E-state index contributed by atoms with van der Waals surface area (Å²) in [4.78, 5) is 16.9. The van der Waals surface area contributed by atoms with Gasteiger partial charge in [0.05, 0.1) is 5.52 Å². The van der Waals surface area contributed by atoms with E-state index in [0.717, 1.165) is 59.9 Å². The number of nitrogens with zero attached hydrogens (tertiary/aromatic N) is 5. The number of fused-ring (bicyclic) bond motifs is 1. The summed E-state index contributed by atoms with van der Waals surface area (Å²) in [6.45, 7) is 1.94. The summed E-state index contributed by atoms with van der Waals surface area (Å²) in [5.41, 5.74) is 2.04. The third-order valence-corrected chi connectivity index (χ3v) is 5.56. The van der Waals surface area contributed by atoms with Gasteiger partial charge in [0.1, 0.15) is 11.6 Å². The van der Waals surface area contributed by atoms with Crippen LogP contribution in [0.4, 0.5) is 5.82 Å². The molecule has 0 radical (unpaired) electrons. The van der Waals surface area contributed by atoms with Gasteiger partial charge in [-0.05, 0) is 25.0 Å². The van der Waals surface area contributed by atoms with Gasteiger partial charge in [0.2, 0.25) is 0 Å². The first-order valence-corrected chi connectivity index (χ1v) is 9.84. The molecule has 0 amide bonds. The fourth-order valence-electron chi connectivity index (χ4n) is 4.17. The second-order valence-corrected chi connectivity index (χ2v) is 7.44. The molecule has 0 bridgehead atoms. The highest BCUT2D eigenvalue weighted by molar-refractivity contribution is 5.91. The monoisotopic (exact) mass is 369 g/mol. The van der Waals surface area contributed by atoms with Crippen LogP contribution in [-0.4, -0.2) is 32.6 Å². The Hall–Kier alpha value is -3.21. The van der Waals surface area contributed by atoms with Crippen LogP contribution in [0.25, 0.3) is 22.3 Å². The van der Waals surface area contributed by atoms with Crippen LogP contribution in [0.5, 0.6) is 0 Å². The Balaban J connectivity index is 1.58. The van der Waals surface area contributed by atoms with Crippen molar-refractivity contribution in [2.24, 2.45) is 7.05 Å². The smallest absolute Gasteiger partial charge is 0.162 e. The minimum Gasteiger partial charge on any atom is -0.355 e. The maximum Gasteiger partial charge on any atom is 0.162 e. The van der Waals surface area contributed by atoms with Crippen molar-refractivity contribution in [3.8, 4) is 11.4 Å². The Bertz CT molecular complexity index is 1100. The van der Waals surface area contributed by atoms with Crippen molar-refractivity contribution in [3.63, 3.8) is 0 Å². The van der Waals surface area contributed by atoms with Crippen LogP contribution in [0.2, 0.25) is 0 Å². The van der Waals surface area contributed by atoms with E-state index in [1.54, 1.807) is 0 Å². The van der Waals surface area contributed by atoms with Gasteiger partial charge in [0.25, 0.3) is 0 Å². The van der Waals surface area contributed by atoms with E-state index < -0.39 is 0 Å². The minimum atomic E-state index is 0.419. The number of para-hydroxylation sites is 1. The molecule has 5 rings (SSSR count). The van der Waals surface area contributed by atoms with E-state index in [1.165, 1.54) is 0 Å². The number of hydrogen-bond acceptors (Lipinski definition) is 4. The van der Waals surface area contributed by atoms with Gasteiger partial charge in [-0.1, -0.05) is 42.5 Å². The molecule has 2 aromatic heterocycles. The SMILES string of the molecule is Cn1ccnc1[C@H]1CCCN(c2nc(-c3ccccc3)nc3ccccc23)C1. The molecule has 0 aliphatic carbocycles. The van der Waals surface area contributed by atoms with Gasteiger partial charge in [-0.3, -0.25) is 0 Å². The van der Waals surface area contributed by atoms with Crippen molar-refractivity contribution >= 4 is 16.7 Å². The first-order chi connectivity index (χ1) is 13.8. The normalized spacial score (nSPS) is 17.2. The van der Waals surface area contributed by atoms with Crippen molar-refractivity contribution in [2.75, 3.05) is 18.0 Å². The Kier molecular flexibility index (Phi) is 4.28. The zero-order chi connectivity index (χ0) is 18.9. The van der Waals surface area contributed by atoms with E-state index in [1.807, 2.05) is 36.7 Å². The topological polar surface area (TPSA) is 46.8 Å². The van der Waals surface area contributed by atoms with E-state index >= 15 is 0 Å². The molecule has 5 nitrogen and oxygen atoms in total. The summed E-state index contributed by atoms with van der Waals surface area (Å²) in [6, 6.07) is 18.5. The number of anilines is 1. The molecule has 4 aromatic rings. The molecule has 5 heteroatoms. The molecule has 140 valence electrons. The standard InChI is InChI=1S/C23H23N5/c1-27-15-13-24-22(27)18-10-7-14-28(16-18)23-19-11-5-6-12-20(19)25-21(26-23)17-8-3-2-4-9-17/h2-6,8-9,11-13,15,18H,7,10,14,16H2,1H3/t18-/m0/s1. The predicted octanol–water partition coefficient (Wildman–Crippen LogP) is 4.41. The quantitative estimate of drug-likeness (QED) is 0.536. The van der Waals surface area contributed by atoms with Crippen molar-refractivity contribution in [2.45, 2.75) is 18.8 Å². The highest BCUT2D eigenvalue weighted by atomic mass is 15.2. The lowest BCUT2D eigenvalue weighted by molar-refractivity contribution is 0.479. The lowest BCUT2D eigenvalue weighted by Crippen LogP contribution is -2.36.